The lowest BCUT2D eigenvalue weighted by molar-refractivity contribution is -0.143. The Bertz CT molecular complexity index is 492. The van der Waals surface area contributed by atoms with Crippen LogP contribution in [0.1, 0.15) is 6.92 Å². The zero-order valence-electron chi connectivity index (χ0n) is 10.3. The maximum absolute atomic E-state index is 12.2. The monoisotopic (exact) mass is 359 g/mol. The first-order valence-corrected chi connectivity index (χ1v) is 7.51. The van der Waals surface area contributed by atoms with E-state index in [0.717, 1.165) is 5.75 Å². The summed E-state index contributed by atoms with van der Waals surface area (Å²) in [4.78, 5) is 11.7. The van der Waals surface area contributed by atoms with Crippen LogP contribution in [0.25, 0.3) is 0 Å². The molecule has 1 rings (SSSR count). The Morgan fingerprint density at radius 2 is 2.21 bits per heavy atom. The van der Waals surface area contributed by atoms with E-state index in [-0.39, 0.29) is 10.5 Å². The van der Waals surface area contributed by atoms with Crippen molar-refractivity contribution in [3.8, 4) is 0 Å². The highest BCUT2D eigenvalue weighted by Gasteiger charge is 2.29. The van der Waals surface area contributed by atoms with E-state index in [1.54, 1.807) is 11.8 Å². The van der Waals surface area contributed by atoms with E-state index < -0.39 is 18.3 Å². The highest BCUT2D eigenvalue weighted by molar-refractivity contribution is 9.10. The Kier molecular flexibility index (Phi) is 5.72. The molecule has 1 heterocycles. The zero-order valence-corrected chi connectivity index (χ0v) is 12.7. The summed E-state index contributed by atoms with van der Waals surface area (Å²) in [6.45, 7) is 0.509. The van der Waals surface area contributed by atoms with Crippen molar-refractivity contribution in [2.75, 3.05) is 17.3 Å². The summed E-state index contributed by atoms with van der Waals surface area (Å²) in [6, 6.07) is 0.0750. The lowest BCUT2D eigenvalue weighted by Crippen LogP contribution is -2.31. The smallest absolute Gasteiger partial charge is 0.379 e. The average molecular weight is 360 g/mol. The van der Waals surface area contributed by atoms with E-state index in [9.17, 15) is 18.0 Å². The third kappa shape index (κ3) is 5.06. The molecule has 0 bridgehead atoms. The molecule has 1 aromatic rings. The molecule has 0 radical (unpaired) electrons. The van der Waals surface area contributed by atoms with Crippen LogP contribution in [0.3, 0.4) is 0 Å². The second-order valence-corrected chi connectivity index (χ2v) is 5.65. The predicted molar refractivity (Wildman–Crippen MR) is 73.7 cm³/mol. The fraction of sp³-hybridized carbons (Fsp3) is 0.600. The van der Waals surface area contributed by atoms with Crippen molar-refractivity contribution in [1.82, 2.24) is 9.78 Å². The quantitative estimate of drug-likeness (QED) is 0.877. The number of nitrogens with zero attached hydrogens (tertiary/aromatic N) is 2. The first kappa shape index (κ1) is 16.4. The molecule has 19 heavy (non-hydrogen) atoms. The fourth-order valence-corrected chi connectivity index (χ4v) is 2.41. The molecule has 0 aliphatic heterocycles. The van der Waals surface area contributed by atoms with Crippen LogP contribution in [0.4, 0.5) is 18.9 Å². The second kappa shape index (κ2) is 6.65. The van der Waals surface area contributed by atoms with Gasteiger partial charge in [0.15, 0.2) is 0 Å². The molecule has 108 valence electrons. The molecule has 0 amide bonds. The third-order valence-corrected chi connectivity index (χ3v) is 3.73. The molecular weight excluding hydrogens is 347 g/mol. The van der Waals surface area contributed by atoms with Crippen molar-refractivity contribution >= 4 is 33.4 Å². The molecular formula is C10H13BrF3N3OS. The Hall–Kier alpha value is -0.700. The third-order valence-electron chi connectivity index (χ3n) is 2.13. The number of rotatable bonds is 5. The molecule has 0 aliphatic rings. The molecule has 9 heteroatoms. The first-order valence-electron chi connectivity index (χ1n) is 5.32. The van der Waals surface area contributed by atoms with Crippen LogP contribution in [0.2, 0.25) is 0 Å². The number of aromatic nitrogens is 2. The van der Waals surface area contributed by atoms with Crippen molar-refractivity contribution in [2.45, 2.75) is 25.7 Å². The van der Waals surface area contributed by atoms with Gasteiger partial charge < -0.3 is 5.32 Å². The van der Waals surface area contributed by atoms with E-state index in [4.69, 9.17) is 0 Å². The summed E-state index contributed by atoms with van der Waals surface area (Å²) in [5.74, 6) is 0.804. The number of hydrogen-bond acceptors (Lipinski definition) is 4. The van der Waals surface area contributed by atoms with Gasteiger partial charge in [-0.1, -0.05) is 0 Å². The molecule has 1 aromatic heterocycles. The van der Waals surface area contributed by atoms with E-state index >= 15 is 0 Å². The molecule has 1 atom stereocenters. The minimum atomic E-state index is -4.47. The SMILES string of the molecule is CSCC(C)Nc1cnn(CC(F)(F)F)c(=O)c1Br. The molecule has 0 saturated carbocycles. The van der Waals surface area contributed by atoms with Gasteiger partial charge in [-0.2, -0.15) is 30.0 Å². The summed E-state index contributed by atoms with van der Waals surface area (Å²) in [5.41, 5.74) is -0.413. The van der Waals surface area contributed by atoms with Gasteiger partial charge in [0.1, 0.15) is 11.0 Å². The van der Waals surface area contributed by atoms with Gasteiger partial charge in [-0.25, -0.2) is 4.68 Å². The van der Waals surface area contributed by atoms with Gasteiger partial charge >= 0.3 is 6.18 Å². The number of hydrogen-bond donors (Lipinski definition) is 1. The summed E-state index contributed by atoms with van der Waals surface area (Å²) in [6.07, 6.45) is -1.32. The number of halogens is 4. The average Bonchev–Trinajstić information content (AvgIpc) is 2.28. The topological polar surface area (TPSA) is 46.9 Å². The second-order valence-electron chi connectivity index (χ2n) is 3.95. The Morgan fingerprint density at radius 3 is 2.74 bits per heavy atom. The van der Waals surface area contributed by atoms with E-state index in [1.807, 2.05) is 13.2 Å². The maximum atomic E-state index is 12.2. The summed E-state index contributed by atoms with van der Waals surface area (Å²) >= 11 is 4.63. The van der Waals surface area contributed by atoms with Crippen molar-refractivity contribution in [3.05, 3.63) is 21.0 Å². The van der Waals surface area contributed by atoms with Gasteiger partial charge in [-0.05, 0) is 29.1 Å². The molecule has 0 aliphatic carbocycles. The van der Waals surface area contributed by atoms with Crippen LogP contribution in [-0.2, 0) is 6.54 Å². The highest BCUT2D eigenvalue weighted by atomic mass is 79.9. The number of alkyl halides is 3. The lowest BCUT2D eigenvalue weighted by Gasteiger charge is -2.16. The van der Waals surface area contributed by atoms with Gasteiger partial charge in [0.05, 0.1) is 11.9 Å². The molecule has 4 nitrogen and oxygen atoms in total. The summed E-state index contributed by atoms with van der Waals surface area (Å²) in [7, 11) is 0. The van der Waals surface area contributed by atoms with Gasteiger partial charge in [0, 0.05) is 11.8 Å². The molecule has 1 N–H and O–H groups in total. The lowest BCUT2D eigenvalue weighted by atomic mass is 10.3. The van der Waals surface area contributed by atoms with Gasteiger partial charge in [-0.15, -0.1) is 0 Å². The Labute approximate surface area is 120 Å². The largest absolute Gasteiger partial charge is 0.408 e. The van der Waals surface area contributed by atoms with Crippen molar-refractivity contribution < 1.29 is 13.2 Å². The Balaban J connectivity index is 2.95. The van der Waals surface area contributed by atoms with Gasteiger partial charge in [0.2, 0.25) is 0 Å². The summed E-state index contributed by atoms with van der Waals surface area (Å²) in [5, 5.41) is 6.54. The van der Waals surface area contributed by atoms with Crippen LogP contribution in [-0.4, -0.2) is 34.0 Å². The molecule has 0 spiro atoms. The van der Waals surface area contributed by atoms with Crippen molar-refractivity contribution in [3.63, 3.8) is 0 Å². The fourth-order valence-electron chi connectivity index (χ4n) is 1.41. The minimum absolute atomic E-state index is 0.0553. The molecule has 0 fully saturated rings. The Morgan fingerprint density at radius 1 is 1.58 bits per heavy atom. The van der Waals surface area contributed by atoms with Crippen LogP contribution in [0.5, 0.6) is 0 Å². The predicted octanol–water partition coefficient (Wildman–Crippen LogP) is 2.73. The first-order chi connectivity index (χ1) is 8.74. The minimum Gasteiger partial charge on any atom is -0.379 e. The number of nitrogens with one attached hydrogen (secondary N) is 1. The van der Waals surface area contributed by atoms with E-state index in [1.165, 1.54) is 6.20 Å². The standard InChI is InChI=1S/C10H13BrF3N3OS/c1-6(4-19-2)16-7-3-15-17(5-10(12,13)14)9(18)8(7)11/h3,6,16H,4-5H2,1-2H3. The summed E-state index contributed by atoms with van der Waals surface area (Å²) < 4.78 is 37.1. The van der Waals surface area contributed by atoms with Crippen LogP contribution >= 0.6 is 27.7 Å². The molecule has 1 unspecified atom stereocenters. The normalized spacial score (nSPS) is 13.4. The zero-order chi connectivity index (χ0) is 14.6. The molecule has 0 saturated heterocycles. The molecule has 0 aromatic carbocycles. The van der Waals surface area contributed by atoms with E-state index in [0.29, 0.717) is 10.4 Å². The van der Waals surface area contributed by atoms with Gasteiger partial charge in [-0.3, -0.25) is 4.79 Å². The van der Waals surface area contributed by atoms with Gasteiger partial charge in [0.25, 0.3) is 5.56 Å². The van der Waals surface area contributed by atoms with Crippen molar-refractivity contribution in [1.29, 1.82) is 0 Å². The van der Waals surface area contributed by atoms with E-state index in [2.05, 4.69) is 26.3 Å². The van der Waals surface area contributed by atoms with Crippen LogP contribution in [0, 0.1) is 0 Å². The maximum Gasteiger partial charge on any atom is 0.408 e. The highest BCUT2D eigenvalue weighted by Crippen LogP contribution is 2.20. The van der Waals surface area contributed by atoms with Crippen LogP contribution < -0.4 is 10.9 Å². The van der Waals surface area contributed by atoms with Crippen molar-refractivity contribution in [2.24, 2.45) is 0 Å². The number of thioether (sulfide) groups is 1. The number of anilines is 1. The van der Waals surface area contributed by atoms with Crippen LogP contribution in [0.15, 0.2) is 15.5 Å².